The van der Waals surface area contributed by atoms with Gasteiger partial charge in [-0.1, -0.05) is 60.3 Å². The number of carbonyl (C=O) groups is 2. The number of rotatable bonds is 6. The third-order valence-electron chi connectivity index (χ3n) is 5.30. The highest BCUT2D eigenvalue weighted by molar-refractivity contribution is 8.15. The van der Waals surface area contributed by atoms with Gasteiger partial charge in [0.15, 0.2) is 5.17 Å². The third kappa shape index (κ3) is 5.05. The molecule has 0 radical (unpaired) electrons. The number of nitrogens with two attached hydrogens (primary N) is 1. The van der Waals surface area contributed by atoms with Crippen LogP contribution < -0.4 is 15.4 Å². The highest BCUT2D eigenvalue weighted by Gasteiger charge is 2.35. The van der Waals surface area contributed by atoms with Crippen molar-refractivity contribution in [2.75, 3.05) is 12.0 Å². The molecular weight excluding hydrogens is 446 g/mol. The van der Waals surface area contributed by atoms with E-state index in [-0.39, 0.29) is 11.6 Å². The molecule has 3 aromatic rings. The molecule has 0 aromatic heterocycles. The van der Waals surface area contributed by atoms with E-state index in [0.717, 1.165) is 28.0 Å². The summed E-state index contributed by atoms with van der Waals surface area (Å²) in [6, 6.07) is 22.5. The number of anilines is 1. The molecule has 7 heteroatoms. The summed E-state index contributed by atoms with van der Waals surface area (Å²) in [6.07, 6.45) is 1.73. The van der Waals surface area contributed by atoms with Gasteiger partial charge >= 0.3 is 0 Å². The Bertz CT molecular complexity index is 1260. The van der Waals surface area contributed by atoms with Crippen molar-refractivity contribution in [1.29, 1.82) is 0 Å². The van der Waals surface area contributed by atoms with Crippen molar-refractivity contribution in [1.82, 2.24) is 0 Å². The van der Waals surface area contributed by atoms with Gasteiger partial charge in [-0.15, -0.1) is 0 Å². The Labute approximate surface area is 203 Å². The number of hydrogen-bond acceptors (Lipinski definition) is 5. The molecule has 0 bridgehead atoms. The number of thioether (sulfide) groups is 1. The van der Waals surface area contributed by atoms with Gasteiger partial charge in [-0.25, -0.2) is 4.99 Å². The zero-order chi connectivity index (χ0) is 24.2. The van der Waals surface area contributed by atoms with Gasteiger partial charge in [0.05, 0.1) is 12.8 Å². The Morgan fingerprint density at radius 3 is 2.26 bits per heavy atom. The van der Waals surface area contributed by atoms with Gasteiger partial charge in [-0.05, 0) is 66.4 Å². The van der Waals surface area contributed by atoms with Crippen molar-refractivity contribution >= 4 is 40.5 Å². The normalized spacial score (nSPS) is 15.4. The first-order chi connectivity index (χ1) is 16.4. The van der Waals surface area contributed by atoms with Crippen LogP contribution in [0.5, 0.6) is 5.75 Å². The maximum Gasteiger partial charge on any atom is 0.283 e. The second-order valence-electron chi connectivity index (χ2n) is 7.99. The standard InChI is InChI=1S/C27H25N3O3S/c1-17-13-18(2)15-21(14-17)30-26(32)23(16-19-9-11-22(33-3)12-10-19)29-27(30)34-24(25(28)31)20-7-5-4-6-8-20/h4-16,24H,1-3H3,(H2,28,31)/b23-16-/t24-/m0/s1. The lowest BCUT2D eigenvalue weighted by molar-refractivity contribution is -0.117. The molecule has 3 aromatic carbocycles. The maximum absolute atomic E-state index is 13.5. The molecule has 1 aliphatic heterocycles. The average Bonchev–Trinajstić information content (AvgIpc) is 3.12. The molecule has 34 heavy (non-hydrogen) atoms. The summed E-state index contributed by atoms with van der Waals surface area (Å²) in [5, 5.41) is -0.288. The van der Waals surface area contributed by atoms with E-state index >= 15 is 0 Å². The highest BCUT2D eigenvalue weighted by Crippen LogP contribution is 2.37. The van der Waals surface area contributed by atoms with E-state index < -0.39 is 11.2 Å². The van der Waals surface area contributed by atoms with Crippen LogP contribution in [0.3, 0.4) is 0 Å². The molecule has 0 unspecified atom stereocenters. The van der Waals surface area contributed by atoms with Crippen molar-refractivity contribution in [3.8, 4) is 5.75 Å². The number of ether oxygens (including phenoxy) is 1. The second-order valence-corrected chi connectivity index (χ2v) is 9.07. The lowest BCUT2D eigenvalue weighted by Crippen LogP contribution is -2.32. The number of carbonyl (C=O) groups excluding carboxylic acids is 2. The van der Waals surface area contributed by atoms with Gasteiger partial charge in [0.25, 0.3) is 5.91 Å². The Morgan fingerprint density at radius 1 is 1.03 bits per heavy atom. The summed E-state index contributed by atoms with van der Waals surface area (Å²) in [4.78, 5) is 32.1. The molecule has 2 N–H and O–H groups in total. The number of amidine groups is 1. The number of methoxy groups -OCH3 is 1. The average molecular weight is 472 g/mol. The van der Waals surface area contributed by atoms with Crippen LogP contribution in [0.1, 0.15) is 27.5 Å². The van der Waals surface area contributed by atoms with Crippen molar-refractivity contribution in [3.63, 3.8) is 0 Å². The molecule has 1 atom stereocenters. The quantitative estimate of drug-likeness (QED) is 0.512. The van der Waals surface area contributed by atoms with E-state index in [1.54, 1.807) is 18.1 Å². The molecular formula is C27H25N3O3S. The molecule has 6 nitrogen and oxygen atoms in total. The first-order valence-electron chi connectivity index (χ1n) is 10.7. The van der Waals surface area contributed by atoms with E-state index in [0.29, 0.717) is 10.9 Å². The minimum Gasteiger partial charge on any atom is -0.497 e. The van der Waals surface area contributed by atoms with Gasteiger partial charge in [0, 0.05) is 0 Å². The summed E-state index contributed by atoms with van der Waals surface area (Å²) in [5.74, 6) is -0.0393. The van der Waals surface area contributed by atoms with Gasteiger partial charge < -0.3 is 10.5 Å². The Hall–Kier alpha value is -3.84. The molecule has 0 aliphatic carbocycles. The third-order valence-corrected chi connectivity index (χ3v) is 6.52. The van der Waals surface area contributed by atoms with Gasteiger partial charge in [-0.2, -0.15) is 0 Å². The van der Waals surface area contributed by atoms with E-state index in [2.05, 4.69) is 4.99 Å². The van der Waals surface area contributed by atoms with Gasteiger partial charge in [0.2, 0.25) is 5.91 Å². The number of aryl methyl sites for hydroxylation is 2. The molecule has 172 valence electrons. The summed E-state index contributed by atoms with van der Waals surface area (Å²) in [7, 11) is 1.60. The smallest absolute Gasteiger partial charge is 0.283 e. The number of aliphatic imine (C=N–C) groups is 1. The molecule has 2 amide bonds. The van der Waals surface area contributed by atoms with Crippen molar-refractivity contribution in [2.24, 2.45) is 10.7 Å². The van der Waals surface area contributed by atoms with E-state index in [1.165, 1.54) is 11.8 Å². The van der Waals surface area contributed by atoms with Crippen molar-refractivity contribution in [2.45, 2.75) is 19.1 Å². The zero-order valence-corrected chi connectivity index (χ0v) is 20.0. The Kier molecular flexibility index (Phi) is 6.84. The predicted octanol–water partition coefficient (Wildman–Crippen LogP) is 5.02. The SMILES string of the molecule is COc1ccc(/C=C2\N=C(S[C@H](C(N)=O)c3ccccc3)N(c3cc(C)cc(C)c3)C2=O)cc1. The summed E-state index contributed by atoms with van der Waals surface area (Å²) < 4.78 is 5.21. The van der Waals surface area contributed by atoms with Crippen molar-refractivity contribution < 1.29 is 14.3 Å². The fraction of sp³-hybridized carbons (Fsp3) is 0.148. The first kappa shape index (κ1) is 23.3. The number of nitrogens with zero attached hydrogens (tertiary/aromatic N) is 2. The van der Waals surface area contributed by atoms with Gasteiger partial charge in [-0.3, -0.25) is 14.5 Å². The van der Waals surface area contributed by atoms with E-state index in [4.69, 9.17) is 10.5 Å². The second kappa shape index (κ2) is 9.97. The van der Waals surface area contributed by atoms with Crippen LogP contribution in [0.2, 0.25) is 0 Å². The van der Waals surface area contributed by atoms with Gasteiger partial charge in [0.1, 0.15) is 16.7 Å². The molecule has 0 fully saturated rings. The number of hydrogen-bond donors (Lipinski definition) is 1. The van der Waals surface area contributed by atoms with Crippen molar-refractivity contribution in [3.05, 3.63) is 101 Å². The minimum absolute atomic E-state index is 0.264. The van der Waals surface area contributed by atoms with E-state index in [1.807, 2.05) is 86.6 Å². The number of amides is 2. The Balaban J connectivity index is 1.77. The molecule has 0 saturated carbocycles. The van der Waals surface area contributed by atoms with Crippen LogP contribution >= 0.6 is 11.8 Å². The lowest BCUT2D eigenvalue weighted by Gasteiger charge is -2.21. The topological polar surface area (TPSA) is 85.0 Å². The molecule has 4 rings (SSSR count). The number of benzene rings is 3. The molecule has 1 aliphatic rings. The highest BCUT2D eigenvalue weighted by atomic mass is 32.2. The Morgan fingerprint density at radius 2 is 1.68 bits per heavy atom. The fourth-order valence-corrected chi connectivity index (χ4v) is 4.83. The molecule has 1 heterocycles. The molecule has 0 spiro atoms. The minimum atomic E-state index is -0.693. The van der Waals surface area contributed by atoms with Crippen LogP contribution in [0.15, 0.2) is 83.5 Å². The van der Waals surface area contributed by atoms with Crippen LogP contribution in [-0.2, 0) is 9.59 Å². The lowest BCUT2D eigenvalue weighted by atomic mass is 10.1. The summed E-state index contributed by atoms with van der Waals surface area (Å²) in [6.45, 7) is 3.95. The largest absolute Gasteiger partial charge is 0.497 e. The summed E-state index contributed by atoms with van der Waals surface area (Å²) in [5.41, 5.74) is 10.3. The van der Waals surface area contributed by atoms with Crippen LogP contribution in [-0.4, -0.2) is 24.1 Å². The fourth-order valence-electron chi connectivity index (χ4n) is 3.76. The monoisotopic (exact) mass is 471 g/mol. The number of primary amides is 1. The zero-order valence-electron chi connectivity index (χ0n) is 19.2. The summed E-state index contributed by atoms with van der Waals surface area (Å²) >= 11 is 1.17. The maximum atomic E-state index is 13.5. The van der Waals surface area contributed by atoms with Crippen LogP contribution in [0.4, 0.5) is 5.69 Å². The van der Waals surface area contributed by atoms with Crippen LogP contribution in [0.25, 0.3) is 6.08 Å². The molecule has 0 saturated heterocycles. The van der Waals surface area contributed by atoms with Crippen LogP contribution in [0, 0.1) is 13.8 Å². The predicted molar refractivity (Wildman–Crippen MR) is 138 cm³/mol. The van der Waals surface area contributed by atoms with E-state index in [9.17, 15) is 9.59 Å². The first-order valence-corrected chi connectivity index (χ1v) is 11.6.